The third-order valence-corrected chi connectivity index (χ3v) is 21.6. The van der Waals surface area contributed by atoms with Crippen LogP contribution in [0.3, 0.4) is 0 Å². The summed E-state index contributed by atoms with van der Waals surface area (Å²) >= 11 is 0. The first-order valence-corrected chi connectivity index (χ1v) is 35.8. The summed E-state index contributed by atoms with van der Waals surface area (Å²) in [4.78, 5) is 7.77. The summed E-state index contributed by atoms with van der Waals surface area (Å²) in [5.41, 5.74) is 29.5. The number of benzene rings is 13. The van der Waals surface area contributed by atoms with Crippen molar-refractivity contribution in [2.24, 2.45) is 0 Å². The van der Waals surface area contributed by atoms with Gasteiger partial charge in [0, 0.05) is 67.0 Å². The number of fused-ring (bicyclic) bond motifs is 12. The van der Waals surface area contributed by atoms with Gasteiger partial charge in [0.05, 0.1) is 39.1 Å². The number of para-hydroxylation sites is 6. The van der Waals surface area contributed by atoms with E-state index in [1.54, 1.807) is 0 Å². The van der Waals surface area contributed by atoms with Gasteiger partial charge in [0.1, 0.15) is 0 Å². The topological polar surface area (TPSA) is 28.8 Å². The van der Waals surface area contributed by atoms with Crippen LogP contribution in [0.4, 0.5) is 51.2 Å². The summed E-state index contributed by atoms with van der Waals surface area (Å²) in [7, 11) is 0. The fraction of sp³-hybridized carbons (Fsp3) is 0.170. The van der Waals surface area contributed by atoms with E-state index in [0.717, 1.165) is 96.1 Å². The minimum atomic E-state index is -0.224. The molecule has 5 heterocycles. The summed E-state index contributed by atoms with van der Waals surface area (Å²) < 4.78 is 11.9. The average molecular weight is 1310 g/mol. The minimum Gasteiger partial charge on any atom is -0.453 e. The van der Waals surface area contributed by atoms with Crippen LogP contribution in [-0.2, 0) is 21.7 Å². The average Bonchev–Trinajstić information content (AvgIpc) is 0.973. The highest BCUT2D eigenvalue weighted by Gasteiger charge is 2.46. The van der Waals surface area contributed by atoms with Gasteiger partial charge in [-0.25, -0.2) is 0 Å². The highest BCUT2D eigenvalue weighted by molar-refractivity contribution is 7.00. The van der Waals surface area contributed by atoms with Crippen LogP contribution in [0.25, 0.3) is 77.2 Å². The first-order valence-electron chi connectivity index (χ1n) is 35.8. The predicted molar refractivity (Wildman–Crippen MR) is 430 cm³/mol. The quantitative estimate of drug-likeness (QED) is 0.149. The van der Waals surface area contributed by atoms with Crippen molar-refractivity contribution < 1.29 is 4.74 Å². The number of aromatic nitrogens is 2. The van der Waals surface area contributed by atoms with Crippen LogP contribution in [0.5, 0.6) is 11.5 Å². The maximum absolute atomic E-state index is 6.89. The van der Waals surface area contributed by atoms with Crippen LogP contribution >= 0.6 is 0 Å². The molecule has 0 aliphatic carbocycles. The number of nitrogens with zero attached hydrogens (tertiary/aromatic N) is 5. The Morgan fingerprint density at radius 3 is 0.990 bits per heavy atom. The van der Waals surface area contributed by atoms with E-state index in [2.05, 4.69) is 386 Å². The maximum atomic E-state index is 6.89. The summed E-state index contributed by atoms with van der Waals surface area (Å²) in [6, 6.07) is 105. The molecule has 13 aromatic carbocycles. The fourth-order valence-electron chi connectivity index (χ4n) is 16.2. The van der Waals surface area contributed by atoms with Crippen molar-refractivity contribution in [3.05, 3.63) is 301 Å². The van der Waals surface area contributed by atoms with Crippen LogP contribution in [0.1, 0.15) is 105 Å². The zero-order valence-electron chi connectivity index (χ0n) is 59.8. The molecule has 0 amide bonds. The van der Waals surface area contributed by atoms with E-state index in [4.69, 9.17) is 4.74 Å². The van der Waals surface area contributed by atoms with Crippen molar-refractivity contribution >= 4 is 118 Å². The van der Waals surface area contributed by atoms with Crippen LogP contribution in [-0.4, -0.2) is 15.8 Å². The Labute approximate surface area is 594 Å². The Morgan fingerprint density at radius 1 is 0.248 bits per heavy atom. The van der Waals surface area contributed by atoms with Gasteiger partial charge in [-0.05, 0) is 204 Å². The summed E-state index contributed by atoms with van der Waals surface area (Å²) in [5.74, 6) is 1.61. The Balaban J connectivity index is 0.982. The van der Waals surface area contributed by atoms with Gasteiger partial charge in [-0.2, -0.15) is 0 Å². The third kappa shape index (κ3) is 10.1. The second-order valence-corrected chi connectivity index (χ2v) is 32.3. The summed E-state index contributed by atoms with van der Waals surface area (Å²) in [5, 5.41) is 4.87. The predicted octanol–water partition coefficient (Wildman–Crippen LogP) is 24.1. The van der Waals surface area contributed by atoms with Crippen molar-refractivity contribution in [1.29, 1.82) is 0 Å². The molecular formula is C94H82BN5O. The second kappa shape index (κ2) is 22.6. The minimum absolute atomic E-state index is 0.181. The SMILES string of the molecule is CC(C)(C)c1cc(N2c3cc(-n4c5ccccc5c5cc(-c6ccccc6)ccc54)ccc3B3c4ccc(-n5c6ccccc6c6cc(-c7ccccc7)ccc65)cc4N(c4cc(C(C)(C)C)cc(C(C)(C)C)c4)c4cc(N5c6ccccc6Oc6ccccc65)cc2c43)cc(C(C)(C)C)c1. The first-order chi connectivity index (χ1) is 48.6. The summed E-state index contributed by atoms with van der Waals surface area (Å²) in [6.45, 7) is 28.1. The molecule has 6 nitrogen and oxygen atoms in total. The molecule has 2 aromatic heterocycles. The van der Waals surface area contributed by atoms with Gasteiger partial charge >= 0.3 is 0 Å². The van der Waals surface area contributed by atoms with E-state index in [9.17, 15) is 0 Å². The van der Waals surface area contributed by atoms with Gasteiger partial charge in [-0.15, -0.1) is 0 Å². The van der Waals surface area contributed by atoms with Crippen molar-refractivity contribution in [2.75, 3.05) is 14.7 Å². The van der Waals surface area contributed by atoms with Crippen molar-refractivity contribution in [2.45, 2.75) is 105 Å². The van der Waals surface area contributed by atoms with E-state index in [0.29, 0.717) is 0 Å². The molecule has 0 bridgehead atoms. The van der Waals surface area contributed by atoms with E-state index < -0.39 is 0 Å². The van der Waals surface area contributed by atoms with Gasteiger partial charge in [-0.3, -0.25) is 0 Å². The zero-order chi connectivity index (χ0) is 69.2. The molecule has 18 rings (SSSR count). The van der Waals surface area contributed by atoms with E-state index >= 15 is 0 Å². The van der Waals surface area contributed by atoms with E-state index in [-0.39, 0.29) is 28.4 Å². The first kappa shape index (κ1) is 62.0. The van der Waals surface area contributed by atoms with Crippen LogP contribution in [0, 0.1) is 0 Å². The molecule has 0 N–H and O–H groups in total. The van der Waals surface area contributed by atoms with Gasteiger partial charge < -0.3 is 28.6 Å². The molecule has 0 atom stereocenters. The molecule has 0 saturated heterocycles. The second-order valence-electron chi connectivity index (χ2n) is 32.3. The molecule has 15 aromatic rings. The van der Waals surface area contributed by atoms with Gasteiger partial charge in [0.25, 0.3) is 6.71 Å². The van der Waals surface area contributed by atoms with Crippen LogP contribution < -0.4 is 35.8 Å². The normalized spacial score (nSPS) is 13.5. The Kier molecular flexibility index (Phi) is 13.9. The molecule has 0 fully saturated rings. The lowest BCUT2D eigenvalue weighted by atomic mass is 9.33. The fourth-order valence-corrected chi connectivity index (χ4v) is 16.2. The molecular weight excluding hydrogens is 1230 g/mol. The molecule has 101 heavy (non-hydrogen) atoms. The standard InChI is InChI=1S/C94H82BN5O/c1-91(2,3)63-49-64(92(4,5)6)52-69(51-63)99-84-55-67(96-78-33-21-19-31-72(78)74-47-61(39-45-80(74)96)59-27-15-13-16-28-59)41-43-76(84)95-77-44-42-68(97-79-34-22-20-32-73(79)75-48-62(40-46-81(75)97)60-29-17-14-18-30-60)56-85(77)100(70-53-65(93(7,8)9)50-66(54-70)94(10,11)12)87-58-71(57-86(99)90(87)95)98-82-35-23-25-37-88(82)101-89-38-26-24-36-83(89)98/h13-58H,1-12H3. The zero-order valence-corrected chi connectivity index (χ0v) is 59.8. The Bertz CT molecular complexity index is 5470. The van der Waals surface area contributed by atoms with Crippen LogP contribution in [0.15, 0.2) is 279 Å². The number of hydrogen-bond acceptors (Lipinski definition) is 4. The van der Waals surface area contributed by atoms with E-state index in [1.807, 2.05) is 0 Å². The molecule has 0 unspecified atom stereocenters. The maximum Gasteiger partial charge on any atom is 0.252 e. The van der Waals surface area contributed by atoms with Gasteiger partial charge in [0.15, 0.2) is 11.5 Å². The number of rotatable bonds is 7. The lowest BCUT2D eigenvalue weighted by Crippen LogP contribution is -2.61. The van der Waals surface area contributed by atoms with Crippen molar-refractivity contribution in [3.63, 3.8) is 0 Å². The molecule has 0 radical (unpaired) electrons. The molecule has 0 saturated carbocycles. The number of hydrogen-bond donors (Lipinski definition) is 0. The Morgan fingerprint density at radius 2 is 0.584 bits per heavy atom. The van der Waals surface area contributed by atoms with Gasteiger partial charge in [0.2, 0.25) is 0 Å². The molecule has 492 valence electrons. The van der Waals surface area contributed by atoms with Crippen LogP contribution in [0.2, 0.25) is 0 Å². The van der Waals surface area contributed by atoms with Gasteiger partial charge in [-0.1, -0.05) is 241 Å². The lowest BCUT2D eigenvalue weighted by Gasteiger charge is -2.46. The highest BCUT2D eigenvalue weighted by Crippen LogP contribution is 2.55. The van der Waals surface area contributed by atoms with Crippen molar-refractivity contribution in [1.82, 2.24) is 9.13 Å². The highest BCUT2D eigenvalue weighted by atomic mass is 16.5. The van der Waals surface area contributed by atoms with E-state index in [1.165, 1.54) is 82.4 Å². The van der Waals surface area contributed by atoms with Crippen molar-refractivity contribution in [3.8, 4) is 45.1 Å². The molecule has 0 spiro atoms. The lowest BCUT2D eigenvalue weighted by molar-refractivity contribution is 0.477. The number of anilines is 9. The number of ether oxygens (including phenoxy) is 1. The third-order valence-electron chi connectivity index (χ3n) is 21.6. The summed E-state index contributed by atoms with van der Waals surface area (Å²) in [6.07, 6.45) is 0. The smallest absolute Gasteiger partial charge is 0.252 e. The molecule has 3 aliphatic rings. The Hall–Kier alpha value is -11.3. The monoisotopic (exact) mass is 1310 g/mol. The molecule has 3 aliphatic heterocycles. The largest absolute Gasteiger partial charge is 0.453 e. The molecule has 7 heteroatoms.